The van der Waals surface area contributed by atoms with Crippen LogP contribution in [0.2, 0.25) is 0 Å². The third-order valence-electron chi connectivity index (χ3n) is 2.94. The molecule has 2 N–H and O–H groups in total. The number of nitriles is 1. The smallest absolute Gasteiger partial charge is 0.292 e. The summed E-state index contributed by atoms with van der Waals surface area (Å²) in [4.78, 5) is 22.5. The summed E-state index contributed by atoms with van der Waals surface area (Å²) in [6.45, 7) is 0. The molecule has 0 radical (unpaired) electrons. The minimum atomic E-state index is -0.732. The molecule has 24 heavy (non-hydrogen) atoms. The van der Waals surface area contributed by atoms with E-state index in [1.807, 2.05) is 12.1 Å². The van der Waals surface area contributed by atoms with Crippen molar-refractivity contribution in [1.29, 1.82) is 5.26 Å². The second kappa shape index (κ2) is 8.07. The van der Waals surface area contributed by atoms with E-state index in [1.165, 1.54) is 24.4 Å². The van der Waals surface area contributed by atoms with E-state index < -0.39 is 10.8 Å². The quantitative estimate of drug-likeness (QED) is 0.246. The van der Waals surface area contributed by atoms with Crippen molar-refractivity contribution in [3.05, 3.63) is 74.0 Å². The van der Waals surface area contributed by atoms with E-state index in [0.717, 1.165) is 3.57 Å². The van der Waals surface area contributed by atoms with Gasteiger partial charge in [-0.25, -0.2) is 0 Å². The van der Waals surface area contributed by atoms with Gasteiger partial charge in [0.25, 0.3) is 11.6 Å². The maximum absolute atomic E-state index is 12.1. The molecule has 7 nitrogen and oxygen atoms in total. The Bertz CT molecular complexity index is 841. The lowest BCUT2D eigenvalue weighted by atomic mass is 10.2. The number of nitro groups is 1. The average molecular weight is 434 g/mol. The number of carbonyl (C=O) groups is 1. The number of nitrogens with zero attached hydrogens (tertiary/aromatic N) is 2. The molecule has 2 aromatic rings. The van der Waals surface area contributed by atoms with Crippen LogP contribution < -0.4 is 10.6 Å². The van der Waals surface area contributed by atoms with Gasteiger partial charge in [0.05, 0.1) is 4.92 Å². The second-order valence-electron chi connectivity index (χ2n) is 4.55. The van der Waals surface area contributed by atoms with Crippen LogP contribution in [0.25, 0.3) is 0 Å². The predicted octanol–water partition coefficient (Wildman–Crippen LogP) is 3.66. The molecule has 8 heteroatoms. The molecule has 0 fully saturated rings. The first-order valence-corrected chi connectivity index (χ1v) is 7.76. The number of nitrogens with one attached hydrogen (secondary N) is 2. The van der Waals surface area contributed by atoms with Crippen molar-refractivity contribution in [1.82, 2.24) is 0 Å². The molecule has 0 heterocycles. The normalized spacial score (nSPS) is 10.6. The molecule has 0 atom stereocenters. The monoisotopic (exact) mass is 434 g/mol. The van der Waals surface area contributed by atoms with Gasteiger partial charge >= 0.3 is 0 Å². The lowest BCUT2D eigenvalue weighted by Crippen LogP contribution is -2.15. The zero-order valence-corrected chi connectivity index (χ0v) is 14.4. The van der Waals surface area contributed by atoms with Gasteiger partial charge in [0, 0.05) is 21.5 Å². The van der Waals surface area contributed by atoms with Crippen molar-refractivity contribution in [2.75, 3.05) is 10.6 Å². The highest BCUT2D eigenvalue weighted by molar-refractivity contribution is 14.1. The van der Waals surface area contributed by atoms with E-state index in [2.05, 4.69) is 33.2 Å². The summed E-state index contributed by atoms with van der Waals surface area (Å²) in [5, 5.41) is 25.3. The Labute approximate surface area is 151 Å². The zero-order valence-electron chi connectivity index (χ0n) is 12.2. The number of nitro benzene ring substituents is 1. The molecular weight excluding hydrogens is 423 g/mol. The molecular formula is C16H11IN4O3. The van der Waals surface area contributed by atoms with Gasteiger partial charge in [-0.05, 0) is 52.9 Å². The Kier molecular flexibility index (Phi) is 5.86. The molecule has 0 bridgehead atoms. The molecule has 120 valence electrons. The second-order valence-corrected chi connectivity index (χ2v) is 5.80. The summed E-state index contributed by atoms with van der Waals surface area (Å²) < 4.78 is 1.05. The first-order chi connectivity index (χ1) is 11.5. The fourth-order valence-corrected chi connectivity index (χ4v) is 2.14. The number of anilines is 2. The molecule has 2 aromatic carbocycles. The van der Waals surface area contributed by atoms with Gasteiger partial charge in [0.2, 0.25) is 0 Å². The van der Waals surface area contributed by atoms with Crippen molar-refractivity contribution >= 4 is 45.6 Å². The molecule has 0 saturated carbocycles. The van der Waals surface area contributed by atoms with Crippen molar-refractivity contribution < 1.29 is 9.72 Å². The molecule has 0 aromatic heterocycles. The van der Waals surface area contributed by atoms with Crippen LogP contribution in [0.1, 0.15) is 0 Å². The highest BCUT2D eigenvalue weighted by Gasteiger charge is 2.17. The van der Waals surface area contributed by atoms with E-state index in [1.54, 1.807) is 24.3 Å². The van der Waals surface area contributed by atoms with Gasteiger partial charge in [-0.1, -0.05) is 12.1 Å². The Morgan fingerprint density at radius 2 is 1.88 bits per heavy atom. The first kappa shape index (κ1) is 17.4. The van der Waals surface area contributed by atoms with Crippen LogP contribution >= 0.6 is 22.6 Å². The minimum Gasteiger partial charge on any atom is -0.360 e. The maximum atomic E-state index is 12.1. The fourth-order valence-electron chi connectivity index (χ4n) is 1.78. The van der Waals surface area contributed by atoms with E-state index >= 15 is 0 Å². The number of para-hydroxylation sites is 2. The third kappa shape index (κ3) is 4.53. The van der Waals surface area contributed by atoms with Crippen molar-refractivity contribution in [2.24, 2.45) is 0 Å². The van der Waals surface area contributed by atoms with Crippen LogP contribution in [-0.4, -0.2) is 10.8 Å². The van der Waals surface area contributed by atoms with Gasteiger partial charge in [0.1, 0.15) is 17.3 Å². The van der Waals surface area contributed by atoms with Gasteiger partial charge in [-0.15, -0.1) is 0 Å². The van der Waals surface area contributed by atoms with Crippen molar-refractivity contribution in [2.45, 2.75) is 0 Å². The highest BCUT2D eigenvalue weighted by Crippen LogP contribution is 2.23. The van der Waals surface area contributed by atoms with Crippen LogP contribution in [0, 0.1) is 25.0 Å². The molecule has 0 aliphatic rings. The number of rotatable bonds is 5. The van der Waals surface area contributed by atoms with E-state index in [0.29, 0.717) is 5.69 Å². The number of hydrogen-bond acceptors (Lipinski definition) is 5. The van der Waals surface area contributed by atoms with Gasteiger partial charge in [-0.2, -0.15) is 5.26 Å². The Morgan fingerprint density at radius 3 is 2.50 bits per heavy atom. The van der Waals surface area contributed by atoms with Gasteiger partial charge in [-0.3, -0.25) is 14.9 Å². The summed E-state index contributed by atoms with van der Waals surface area (Å²) in [6, 6.07) is 14.8. The molecule has 0 unspecified atom stereocenters. The summed E-state index contributed by atoms with van der Waals surface area (Å²) in [7, 11) is 0. The number of benzene rings is 2. The molecule has 0 spiro atoms. The van der Waals surface area contributed by atoms with Gasteiger partial charge in [0.15, 0.2) is 0 Å². The number of carbonyl (C=O) groups excluding carboxylic acids is 1. The van der Waals surface area contributed by atoms with Crippen LogP contribution in [-0.2, 0) is 4.79 Å². The zero-order chi connectivity index (χ0) is 17.5. The number of hydrogen-bond donors (Lipinski definition) is 2. The predicted molar refractivity (Wildman–Crippen MR) is 98.2 cm³/mol. The molecule has 0 aliphatic heterocycles. The van der Waals surface area contributed by atoms with Crippen LogP contribution in [0.3, 0.4) is 0 Å². The fraction of sp³-hybridized carbons (Fsp3) is 0. The number of amides is 1. The molecule has 0 aliphatic carbocycles. The van der Waals surface area contributed by atoms with E-state index in [4.69, 9.17) is 5.26 Å². The van der Waals surface area contributed by atoms with E-state index in [9.17, 15) is 14.9 Å². The Hall–Kier alpha value is -2.93. The Morgan fingerprint density at radius 1 is 1.21 bits per heavy atom. The maximum Gasteiger partial charge on any atom is 0.292 e. The largest absolute Gasteiger partial charge is 0.360 e. The minimum absolute atomic E-state index is 0.0305. The standard InChI is InChI=1S/C16H11IN4O3/c17-12-5-7-13(8-6-12)19-10-11(9-18)16(22)20-14-3-1-2-4-15(14)21(23)24/h1-8,10,19H,(H,20,22)/b11-10-. The lowest BCUT2D eigenvalue weighted by Gasteiger charge is -2.06. The highest BCUT2D eigenvalue weighted by atomic mass is 127. The van der Waals surface area contributed by atoms with Crippen molar-refractivity contribution in [3.63, 3.8) is 0 Å². The van der Waals surface area contributed by atoms with Crippen LogP contribution in [0.15, 0.2) is 60.3 Å². The summed E-state index contributed by atoms with van der Waals surface area (Å²) in [6.07, 6.45) is 1.26. The van der Waals surface area contributed by atoms with Crippen molar-refractivity contribution in [3.8, 4) is 6.07 Å². The molecule has 1 amide bonds. The third-order valence-corrected chi connectivity index (χ3v) is 3.66. The van der Waals surface area contributed by atoms with Crippen LogP contribution in [0.4, 0.5) is 17.1 Å². The summed E-state index contributed by atoms with van der Waals surface area (Å²) in [5.41, 5.74) is 0.296. The number of halogens is 1. The summed E-state index contributed by atoms with van der Waals surface area (Å²) >= 11 is 2.16. The lowest BCUT2D eigenvalue weighted by molar-refractivity contribution is -0.383. The Balaban J connectivity index is 2.15. The topological polar surface area (TPSA) is 108 Å². The van der Waals surface area contributed by atoms with Gasteiger partial charge < -0.3 is 10.6 Å². The average Bonchev–Trinajstić information content (AvgIpc) is 2.57. The summed E-state index contributed by atoms with van der Waals surface area (Å²) in [5.74, 6) is -0.732. The SMILES string of the molecule is N#C/C(=C/Nc1ccc(I)cc1)C(=O)Nc1ccccc1[N+](=O)[O-]. The van der Waals surface area contributed by atoms with E-state index in [-0.39, 0.29) is 16.9 Å². The molecule has 2 rings (SSSR count). The first-order valence-electron chi connectivity index (χ1n) is 6.68. The van der Waals surface area contributed by atoms with Crippen LogP contribution in [0.5, 0.6) is 0 Å². The molecule has 0 saturated heterocycles.